The lowest BCUT2D eigenvalue weighted by Gasteiger charge is -2.27. The lowest BCUT2D eigenvalue weighted by Crippen LogP contribution is -2.45. The zero-order valence-corrected chi connectivity index (χ0v) is 13.2. The topological polar surface area (TPSA) is 85.9 Å². The van der Waals surface area contributed by atoms with Crippen LogP contribution in [0.5, 0.6) is 0 Å². The van der Waals surface area contributed by atoms with Gasteiger partial charge in [0.1, 0.15) is 0 Å². The van der Waals surface area contributed by atoms with Gasteiger partial charge < -0.3 is 24.3 Å². The second-order valence-corrected chi connectivity index (χ2v) is 6.73. The molecule has 8 heteroatoms. The third kappa shape index (κ3) is 3.12. The molecule has 2 aliphatic heterocycles. The fourth-order valence-corrected chi connectivity index (χ4v) is 3.31. The van der Waals surface area contributed by atoms with E-state index in [1.54, 1.807) is 4.90 Å². The number of hydrogen-bond acceptors (Lipinski definition) is 6. The molecular formula is C15H23N5O3. The number of aliphatic hydroxyl groups is 1. The Bertz CT molecular complexity index is 567. The molecule has 1 saturated carbocycles. The second-order valence-electron chi connectivity index (χ2n) is 6.73. The highest BCUT2D eigenvalue weighted by atomic mass is 16.5. The third-order valence-electron chi connectivity index (χ3n) is 4.79. The summed E-state index contributed by atoms with van der Waals surface area (Å²) < 4.78 is 5.30. The van der Waals surface area contributed by atoms with Crippen LogP contribution >= 0.6 is 0 Å². The number of urea groups is 1. The zero-order chi connectivity index (χ0) is 15.8. The van der Waals surface area contributed by atoms with Crippen molar-refractivity contribution in [2.24, 2.45) is 0 Å². The molecule has 1 aromatic heterocycles. The first-order valence-corrected chi connectivity index (χ1v) is 8.51. The van der Waals surface area contributed by atoms with Gasteiger partial charge in [0, 0.05) is 38.6 Å². The van der Waals surface area contributed by atoms with Crippen LogP contribution in [-0.2, 0) is 0 Å². The largest absolute Gasteiger partial charge is 0.389 e. The van der Waals surface area contributed by atoms with Crippen molar-refractivity contribution in [2.75, 3.05) is 44.2 Å². The molecular weight excluding hydrogens is 298 g/mol. The summed E-state index contributed by atoms with van der Waals surface area (Å²) in [5.41, 5.74) is 0. The molecule has 0 radical (unpaired) electrons. The van der Waals surface area contributed by atoms with E-state index in [0.717, 1.165) is 38.8 Å². The van der Waals surface area contributed by atoms with Gasteiger partial charge in [-0.2, -0.15) is 4.98 Å². The smallest absolute Gasteiger partial charge is 0.320 e. The van der Waals surface area contributed by atoms with Crippen LogP contribution in [0.3, 0.4) is 0 Å². The molecule has 3 fully saturated rings. The van der Waals surface area contributed by atoms with Gasteiger partial charge in [-0.3, -0.25) is 0 Å². The van der Waals surface area contributed by atoms with E-state index in [-0.39, 0.29) is 6.03 Å². The van der Waals surface area contributed by atoms with Gasteiger partial charge in [-0.05, 0) is 30.8 Å². The fourth-order valence-electron chi connectivity index (χ4n) is 3.31. The number of rotatable bonds is 2. The Kier molecular flexibility index (Phi) is 3.84. The summed E-state index contributed by atoms with van der Waals surface area (Å²) in [6.45, 7) is 3.61. The number of aromatic nitrogens is 2. The number of anilines is 1. The maximum Gasteiger partial charge on any atom is 0.320 e. The van der Waals surface area contributed by atoms with Crippen LogP contribution in [0.2, 0.25) is 0 Å². The fraction of sp³-hybridized carbons (Fsp3) is 0.800. The molecule has 0 aromatic carbocycles. The Labute approximate surface area is 135 Å². The van der Waals surface area contributed by atoms with Crippen LogP contribution in [0.1, 0.15) is 37.5 Å². The normalized spacial score (nSPS) is 25.8. The number of aliphatic hydroxyl groups excluding tert-OH is 1. The van der Waals surface area contributed by atoms with Crippen LogP contribution in [-0.4, -0.2) is 76.5 Å². The van der Waals surface area contributed by atoms with E-state index in [1.807, 2.05) is 9.80 Å². The SMILES string of the molecule is O=C(N1CCCC1)N1CCN(c2noc(C3CC3)n2)C[C@@H](O)C1. The highest BCUT2D eigenvalue weighted by Gasteiger charge is 2.33. The molecule has 3 aliphatic rings. The van der Waals surface area contributed by atoms with E-state index in [4.69, 9.17) is 4.52 Å². The standard InChI is InChI=1S/C15H23N5O3/c21-12-9-19(14-16-13(23-17-14)11-3-4-11)7-8-20(10-12)15(22)18-5-1-2-6-18/h11-12,21H,1-10H2/t12-/m1/s1. The maximum atomic E-state index is 12.5. The minimum atomic E-state index is -0.605. The van der Waals surface area contributed by atoms with Gasteiger partial charge in [-0.1, -0.05) is 0 Å². The highest BCUT2D eigenvalue weighted by molar-refractivity contribution is 5.75. The third-order valence-corrected chi connectivity index (χ3v) is 4.79. The van der Waals surface area contributed by atoms with Gasteiger partial charge >= 0.3 is 6.03 Å². The molecule has 0 spiro atoms. The quantitative estimate of drug-likeness (QED) is 0.860. The lowest BCUT2D eigenvalue weighted by atomic mass is 10.3. The van der Waals surface area contributed by atoms with Gasteiger partial charge in [-0.25, -0.2) is 4.79 Å². The van der Waals surface area contributed by atoms with E-state index in [1.165, 1.54) is 0 Å². The van der Waals surface area contributed by atoms with Crippen molar-refractivity contribution in [3.05, 3.63) is 5.89 Å². The van der Waals surface area contributed by atoms with Gasteiger partial charge in [0.25, 0.3) is 5.95 Å². The molecule has 23 heavy (non-hydrogen) atoms. The summed E-state index contributed by atoms with van der Waals surface area (Å²) in [5, 5.41) is 14.3. The highest BCUT2D eigenvalue weighted by Crippen LogP contribution is 2.39. The maximum absolute atomic E-state index is 12.5. The van der Waals surface area contributed by atoms with Gasteiger partial charge in [-0.15, -0.1) is 0 Å². The number of amides is 2. The Morgan fingerprint density at radius 1 is 1.09 bits per heavy atom. The van der Waals surface area contributed by atoms with Gasteiger partial charge in [0.05, 0.1) is 12.6 Å². The Hall–Kier alpha value is -1.83. The summed E-state index contributed by atoms with van der Waals surface area (Å²) in [5.74, 6) is 1.64. The predicted octanol–water partition coefficient (Wildman–Crippen LogP) is 0.646. The molecule has 2 saturated heterocycles. The first kappa shape index (κ1) is 14.7. The van der Waals surface area contributed by atoms with Crippen LogP contribution < -0.4 is 4.90 Å². The molecule has 3 heterocycles. The Morgan fingerprint density at radius 3 is 2.61 bits per heavy atom. The summed E-state index contributed by atoms with van der Waals surface area (Å²) in [6, 6.07) is 0.0372. The minimum Gasteiger partial charge on any atom is -0.389 e. The van der Waals surface area contributed by atoms with Crippen molar-refractivity contribution < 1.29 is 14.4 Å². The van der Waals surface area contributed by atoms with Crippen molar-refractivity contribution in [2.45, 2.75) is 37.7 Å². The van der Waals surface area contributed by atoms with Crippen molar-refractivity contribution in [3.63, 3.8) is 0 Å². The van der Waals surface area contributed by atoms with E-state index < -0.39 is 6.10 Å². The van der Waals surface area contributed by atoms with Gasteiger partial charge in [0.2, 0.25) is 5.89 Å². The monoisotopic (exact) mass is 321 g/mol. The van der Waals surface area contributed by atoms with E-state index in [0.29, 0.717) is 43.9 Å². The second kappa shape index (κ2) is 5.99. The van der Waals surface area contributed by atoms with Crippen molar-refractivity contribution in [1.82, 2.24) is 19.9 Å². The molecule has 1 aromatic rings. The average molecular weight is 321 g/mol. The van der Waals surface area contributed by atoms with Gasteiger partial charge in [0.15, 0.2) is 0 Å². The molecule has 8 nitrogen and oxygen atoms in total. The number of nitrogens with zero attached hydrogens (tertiary/aromatic N) is 5. The van der Waals surface area contributed by atoms with E-state index >= 15 is 0 Å². The number of hydrogen-bond donors (Lipinski definition) is 1. The molecule has 1 atom stereocenters. The number of likely N-dealkylation sites (tertiary alicyclic amines) is 1. The molecule has 1 aliphatic carbocycles. The Balaban J connectivity index is 1.42. The molecule has 0 bridgehead atoms. The van der Waals surface area contributed by atoms with Crippen LogP contribution in [0.4, 0.5) is 10.7 Å². The Morgan fingerprint density at radius 2 is 1.87 bits per heavy atom. The van der Waals surface area contributed by atoms with E-state index in [9.17, 15) is 9.90 Å². The lowest BCUT2D eigenvalue weighted by molar-refractivity contribution is 0.121. The van der Waals surface area contributed by atoms with Crippen LogP contribution in [0.25, 0.3) is 0 Å². The number of carbonyl (C=O) groups excluding carboxylic acids is 1. The molecule has 126 valence electrons. The summed E-state index contributed by atoms with van der Waals surface area (Å²) >= 11 is 0. The zero-order valence-electron chi connectivity index (χ0n) is 13.2. The molecule has 1 N–H and O–H groups in total. The first-order chi connectivity index (χ1) is 11.2. The first-order valence-electron chi connectivity index (χ1n) is 8.51. The van der Waals surface area contributed by atoms with Crippen molar-refractivity contribution in [3.8, 4) is 0 Å². The van der Waals surface area contributed by atoms with Crippen molar-refractivity contribution in [1.29, 1.82) is 0 Å². The summed E-state index contributed by atoms with van der Waals surface area (Å²) in [6.07, 6.45) is 3.76. The molecule has 0 unspecified atom stereocenters. The molecule has 4 rings (SSSR count). The van der Waals surface area contributed by atoms with Crippen LogP contribution in [0.15, 0.2) is 4.52 Å². The molecule has 2 amide bonds. The van der Waals surface area contributed by atoms with Crippen LogP contribution in [0, 0.1) is 0 Å². The number of carbonyl (C=O) groups is 1. The minimum absolute atomic E-state index is 0.0372. The van der Waals surface area contributed by atoms with Crippen molar-refractivity contribution >= 4 is 12.0 Å². The summed E-state index contributed by atoms with van der Waals surface area (Å²) in [7, 11) is 0. The predicted molar refractivity (Wildman–Crippen MR) is 82.3 cm³/mol. The summed E-state index contributed by atoms with van der Waals surface area (Å²) in [4.78, 5) is 22.5. The van der Waals surface area contributed by atoms with E-state index in [2.05, 4.69) is 10.1 Å². The average Bonchev–Trinajstić information content (AvgIpc) is 3.10. The number of β-amino-alcohol motifs (C(OH)–C–C–N with tert-alkyl or cyclic N) is 1.